The topological polar surface area (TPSA) is 68.4 Å². The highest BCUT2D eigenvalue weighted by Gasteiger charge is 2.15. The quantitative estimate of drug-likeness (QED) is 0.793. The number of aromatic amines is 1. The van der Waals surface area contributed by atoms with E-state index in [2.05, 4.69) is 4.98 Å². The van der Waals surface area contributed by atoms with Crippen LogP contribution < -0.4 is 0 Å². The standard InChI is InChI=1S/C11H15NO4/c1-4-15-10(13)8-5-9(12-6-8)11(14)16-7(2)3/h5-7,12H,4H2,1-3H3. The average Bonchev–Trinajstić information content (AvgIpc) is 2.65. The molecule has 0 bridgehead atoms. The third kappa shape index (κ3) is 3.12. The van der Waals surface area contributed by atoms with Crippen LogP contribution in [0.2, 0.25) is 0 Å². The lowest BCUT2D eigenvalue weighted by molar-refractivity contribution is 0.0371. The van der Waals surface area contributed by atoms with E-state index in [0.717, 1.165) is 0 Å². The molecule has 0 fully saturated rings. The predicted octanol–water partition coefficient (Wildman–Crippen LogP) is 1.76. The van der Waals surface area contributed by atoms with Gasteiger partial charge in [0.05, 0.1) is 18.3 Å². The monoisotopic (exact) mass is 225 g/mol. The van der Waals surface area contributed by atoms with E-state index in [0.29, 0.717) is 12.2 Å². The van der Waals surface area contributed by atoms with Gasteiger partial charge in [0.15, 0.2) is 0 Å². The number of rotatable bonds is 4. The minimum atomic E-state index is -0.481. The highest BCUT2D eigenvalue weighted by molar-refractivity contribution is 5.94. The van der Waals surface area contributed by atoms with Crippen LogP contribution in [0.15, 0.2) is 12.3 Å². The Morgan fingerprint density at radius 3 is 2.62 bits per heavy atom. The number of hydrogen-bond donors (Lipinski definition) is 1. The molecule has 1 aromatic heterocycles. The Morgan fingerprint density at radius 2 is 2.06 bits per heavy atom. The van der Waals surface area contributed by atoms with Gasteiger partial charge in [-0.3, -0.25) is 0 Å². The van der Waals surface area contributed by atoms with Gasteiger partial charge < -0.3 is 14.5 Å². The van der Waals surface area contributed by atoms with Crippen LogP contribution in [0, 0.1) is 0 Å². The first-order valence-electron chi connectivity index (χ1n) is 5.11. The molecule has 16 heavy (non-hydrogen) atoms. The molecule has 1 rings (SSSR count). The van der Waals surface area contributed by atoms with Crippen LogP contribution in [-0.2, 0) is 9.47 Å². The second kappa shape index (κ2) is 5.34. The molecule has 0 aliphatic heterocycles. The fourth-order valence-corrected chi connectivity index (χ4v) is 1.12. The summed E-state index contributed by atoms with van der Waals surface area (Å²) in [5.74, 6) is -0.937. The van der Waals surface area contributed by atoms with Crippen molar-refractivity contribution in [2.75, 3.05) is 6.61 Å². The zero-order chi connectivity index (χ0) is 12.1. The van der Waals surface area contributed by atoms with Crippen LogP contribution in [0.4, 0.5) is 0 Å². The van der Waals surface area contributed by atoms with Gasteiger partial charge in [-0.15, -0.1) is 0 Å². The van der Waals surface area contributed by atoms with E-state index < -0.39 is 11.9 Å². The summed E-state index contributed by atoms with van der Waals surface area (Å²) in [4.78, 5) is 25.4. The largest absolute Gasteiger partial charge is 0.462 e. The molecule has 0 atom stereocenters. The van der Waals surface area contributed by atoms with Gasteiger partial charge in [0, 0.05) is 6.20 Å². The summed E-state index contributed by atoms with van der Waals surface area (Å²) in [5, 5.41) is 0. The molecule has 5 nitrogen and oxygen atoms in total. The highest BCUT2D eigenvalue weighted by atomic mass is 16.5. The summed E-state index contributed by atoms with van der Waals surface area (Å²) in [6.45, 7) is 5.54. The van der Waals surface area contributed by atoms with Gasteiger partial charge in [-0.25, -0.2) is 9.59 Å². The van der Waals surface area contributed by atoms with E-state index in [4.69, 9.17) is 9.47 Å². The number of carbonyl (C=O) groups is 2. The van der Waals surface area contributed by atoms with Crippen LogP contribution in [0.25, 0.3) is 0 Å². The van der Waals surface area contributed by atoms with Crippen molar-refractivity contribution < 1.29 is 19.1 Å². The summed E-state index contributed by atoms with van der Waals surface area (Å²) < 4.78 is 9.76. The number of ether oxygens (including phenoxy) is 2. The Hall–Kier alpha value is -1.78. The summed E-state index contributed by atoms with van der Waals surface area (Å²) in [6, 6.07) is 1.42. The molecular weight excluding hydrogens is 210 g/mol. The van der Waals surface area contributed by atoms with E-state index in [1.807, 2.05) is 0 Å². The third-order valence-corrected chi connectivity index (χ3v) is 1.76. The molecule has 1 heterocycles. The molecule has 0 saturated heterocycles. The van der Waals surface area contributed by atoms with Crippen LogP contribution in [-0.4, -0.2) is 29.6 Å². The zero-order valence-corrected chi connectivity index (χ0v) is 9.57. The van der Waals surface area contributed by atoms with Crippen molar-refractivity contribution in [1.82, 2.24) is 4.98 Å². The highest BCUT2D eigenvalue weighted by Crippen LogP contribution is 2.07. The lowest BCUT2D eigenvalue weighted by Crippen LogP contribution is -2.11. The minimum Gasteiger partial charge on any atom is -0.462 e. The Morgan fingerprint density at radius 1 is 1.38 bits per heavy atom. The van der Waals surface area contributed by atoms with Crippen molar-refractivity contribution >= 4 is 11.9 Å². The molecule has 0 spiro atoms. The van der Waals surface area contributed by atoms with Crippen LogP contribution >= 0.6 is 0 Å². The van der Waals surface area contributed by atoms with Crippen molar-refractivity contribution in [3.8, 4) is 0 Å². The van der Waals surface area contributed by atoms with E-state index >= 15 is 0 Å². The number of esters is 2. The Kier molecular flexibility index (Phi) is 4.10. The number of aromatic nitrogens is 1. The summed E-state index contributed by atoms with van der Waals surface area (Å²) in [5.41, 5.74) is 0.564. The van der Waals surface area contributed by atoms with Crippen molar-refractivity contribution in [3.05, 3.63) is 23.5 Å². The summed E-state index contributed by atoms with van der Waals surface area (Å²) in [6.07, 6.45) is 1.23. The first-order chi connectivity index (χ1) is 7.54. The van der Waals surface area contributed by atoms with Gasteiger partial charge in [0.1, 0.15) is 5.69 Å². The van der Waals surface area contributed by atoms with Gasteiger partial charge in [0.2, 0.25) is 0 Å². The lowest BCUT2D eigenvalue weighted by Gasteiger charge is -2.05. The summed E-state index contributed by atoms with van der Waals surface area (Å²) in [7, 11) is 0. The van der Waals surface area contributed by atoms with Gasteiger partial charge in [0.25, 0.3) is 0 Å². The molecule has 0 amide bonds. The second-order valence-corrected chi connectivity index (χ2v) is 3.48. The smallest absolute Gasteiger partial charge is 0.355 e. The first-order valence-corrected chi connectivity index (χ1v) is 5.11. The maximum atomic E-state index is 11.4. The zero-order valence-electron chi connectivity index (χ0n) is 9.57. The lowest BCUT2D eigenvalue weighted by atomic mass is 10.3. The van der Waals surface area contributed by atoms with Crippen molar-refractivity contribution in [2.24, 2.45) is 0 Å². The van der Waals surface area contributed by atoms with E-state index in [1.54, 1.807) is 20.8 Å². The molecule has 0 unspecified atom stereocenters. The molecule has 5 heteroatoms. The van der Waals surface area contributed by atoms with Crippen molar-refractivity contribution in [1.29, 1.82) is 0 Å². The second-order valence-electron chi connectivity index (χ2n) is 3.48. The maximum Gasteiger partial charge on any atom is 0.355 e. The van der Waals surface area contributed by atoms with Gasteiger partial charge in [-0.2, -0.15) is 0 Å². The molecule has 0 aliphatic carbocycles. The Labute approximate surface area is 93.7 Å². The normalized spacial score (nSPS) is 10.2. The van der Waals surface area contributed by atoms with Crippen LogP contribution in [0.3, 0.4) is 0 Å². The number of nitrogens with one attached hydrogen (secondary N) is 1. The fourth-order valence-electron chi connectivity index (χ4n) is 1.12. The van der Waals surface area contributed by atoms with Gasteiger partial charge in [-0.1, -0.05) is 0 Å². The van der Waals surface area contributed by atoms with Crippen molar-refractivity contribution in [2.45, 2.75) is 26.9 Å². The molecule has 88 valence electrons. The van der Waals surface area contributed by atoms with Crippen LogP contribution in [0.5, 0.6) is 0 Å². The maximum absolute atomic E-state index is 11.4. The Balaban J connectivity index is 2.71. The first kappa shape index (κ1) is 12.3. The fraction of sp³-hybridized carbons (Fsp3) is 0.455. The van der Waals surface area contributed by atoms with E-state index in [1.165, 1.54) is 12.3 Å². The minimum absolute atomic E-state index is 0.193. The number of carbonyl (C=O) groups excluding carboxylic acids is 2. The predicted molar refractivity (Wildman–Crippen MR) is 57.3 cm³/mol. The average molecular weight is 225 g/mol. The molecule has 0 aliphatic rings. The van der Waals surface area contributed by atoms with E-state index in [9.17, 15) is 9.59 Å². The number of hydrogen-bond acceptors (Lipinski definition) is 4. The molecule has 1 N–H and O–H groups in total. The molecule has 1 aromatic rings. The number of H-pyrrole nitrogens is 1. The Bertz CT molecular complexity index is 381. The third-order valence-electron chi connectivity index (χ3n) is 1.76. The van der Waals surface area contributed by atoms with Crippen molar-refractivity contribution in [3.63, 3.8) is 0 Å². The molecular formula is C11H15NO4. The van der Waals surface area contributed by atoms with Gasteiger partial charge >= 0.3 is 11.9 Å². The van der Waals surface area contributed by atoms with E-state index in [-0.39, 0.29) is 11.8 Å². The molecule has 0 radical (unpaired) electrons. The SMILES string of the molecule is CCOC(=O)c1c[nH]c(C(=O)OC(C)C)c1. The van der Waals surface area contributed by atoms with Gasteiger partial charge in [-0.05, 0) is 26.8 Å². The molecule has 0 aromatic carbocycles. The molecule has 0 saturated carbocycles. The van der Waals surface area contributed by atoms with Crippen LogP contribution in [0.1, 0.15) is 41.6 Å². The summed E-state index contributed by atoms with van der Waals surface area (Å²) >= 11 is 0.